The molecule has 11 rings (SSSR count). The van der Waals surface area contributed by atoms with E-state index in [9.17, 15) is 0 Å². The molecule has 11 aromatic rings. The van der Waals surface area contributed by atoms with Crippen LogP contribution in [0.25, 0.3) is 104 Å². The third-order valence-electron chi connectivity index (χ3n) is 10.7. The molecule has 3 heterocycles. The summed E-state index contributed by atoms with van der Waals surface area (Å²) in [5.41, 5.74) is 10.7. The summed E-state index contributed by atoms with van der Waals surface area (Å²) in [4.78, 5) is 16.1. The first-order valence-corrected chi connectivity index (χ1v) is 19.6. The van der Waals surface area contributed by atoms with Crippen molar-refractivity contribution in [2.45, 2.75) is 0 Å². The second-order valence-corrected chi connectivity index (χ2v) is 15.0. The molecular formula is C51H32N4S. The molecule has 0 aliphatic carbocycles. The van der Waals surface area contributed by atoms with Crippen LogP contribution in [0, 0.1) is 0 Å². The van der Waals surface area contributed by atoms with E-state index in [1.54, 1.807) is 11.3 Å². The van der Waals surface area contributed by atoms with E-state index in [1.165, 1.54) is 26.2 Å². The lowest BCUT2D eigenvalue weighted by atomic mass is 9.92. The summed E-state index contributed by atoms with van der Waals surface area (Å²) in [6, 6.07) is 68.5. The molecule has 0 atom stereocenters. The molecule has 4 nitrogen and oxygen atoms in total. The monoisotopic (exact) mass is 732 g/mol. The number of thiophene rings is 1. The Morgan fingerprint density at radius 1 is 0.339 bits per heavy atom. The highest BCUT2D eigenvalue weighted by Gasteiger charge is 2.21. The van der Waals surface area contributed by atoms with Crippen LogP contribution >= 0.6 is 11.3 Å². The molecule has 262 valence electrons. The molecule has 3 aromatic heterocycles. The standard InChI is InChI=1S/C51H32N4S/c1-3-16-33(17-4-1)36-31-30-35(32-43(36)34-18-5-2-6-19-34)49-52-50(54-51(53-49)42-25-15-24-40-39-22-10-14-29-47(39)56-48(40)42)41-23-9-13-28-46(41)55-44-26-11-7-20-37(44)38-21-8-12-27-45(38)55/h1-32H. The molecule has 0 spiro atoms. The Morgan fingerprint density at radius 2 is 0.875 bits per heavy atom. The van der Waals surface area contributed by atoms with Crippen molar-refractivity contribution in [1.82, 2.24) is 19.5 Å². The molecule has 0 saturated heterocycles. The van der Waals surface area contributed by atoms with Gasteiger partial charge in [-0.2, -0.15) is 0 Å². The molecule has 0 aliphatic rings. The van der Waals surface area contributed by atoms with Crippen LogP contribution in [0.4, 0.5) is 0 Å². The highest BCUT2D eigenvalue weighted by molar-refractivity contribution is 7.26. The highest BCUT2D eigenvalue weighted by Crippen LogP contribution is 2.41. The van der Waals surface area contributed by atoms with Crippen LogP contribution in [-0.2, 0) is 0 Å². The lowest BCUT2D eigenvalue weighted by Crippen LogP contribution is -2.04. The van der Waals surface area contributed by atoms with E-state index < -0.39 is 0 Å². The fraction of sp³-hybridized carbons (Fsp3) is 0. The minimum atomic E-state index is 0.619. The van der Waals surface area contributed by atoms with Crippen LogP contribution < -0.4 is 0 Å². The molecule has 0 radical (unpaired) electrons. The van der Waals surface area contributed by atoms with E-state index in [0.29, 0.717) is 17.5 Å². The first kappa shape index (κ1) is 32.2. The molecule has 0 N–H and O–H groups in total. The Labute approximate surface area is 327 Å². The zero-order valence-corrected chi connectivity index (χ0v) is 31.0. The van der Waals surface area contributed by atoms with Crippen molar-refractivity contribution in [3.05, 3.63) is 194 Å². The zero-order valence-electron chi connectivity index (χ0n) is 30.2. The van der Waals surface area contributed by atoms with E-state index in [-0.39, 0.29) is 0 Å². The van der Waals surface area contributed by atoms with Gasteiger partial charge in [0, 0.05) is 47.6 Å². The molecule has 0 amide bonds. The Morgan fingerprint density at radius 3 is 1.61 bits per heavy atom. The molecule has 0 aliphatic heterocycles. The van der Waals surface area contributed by atoms with Gasteiger partial charge in [0.05, 0.1) is 16.7 Å². The van der Waals surface area contributed by atoms with Gasteiger partial charge in [0.15, 0.2) is 17.5 Å². The second-order valence-electron chi connectivity index (χ2n) is 14.0. The van der Waals surface area contributed by atoms with Gasteiger partial charge >= 0.3 is 0 Å². The van der Waals surface area contributed by atoms with Crippen LogP contribution in [0.15, 0.2) is 194 Å². The third kappa shape index (κ3) is 5.32. The minimum absolute atomic E-state index is 0.619. The molecule has 5 heteroatoms. The highest BCUT2D eigenvalue weighted by atomic mass is 32.1. The Hall–Kier alpha value is -7.21. The maximum atomic E-state index is 5.37. The van der Waals surface area contributed by atoms with Crippen molar-refractivity contribution in [3.63, 3.8) is 0 Å². The van der Waals surface area contributed by atoms with Crippen LogP contribution in [0.1, 0.15) is 0 Å². The maximum absolute atomic E-state index is 5.37. The molecular weight excluding hydrogens is 701 g/mol. The molecule has 0 saturated carbocycles. The Bertz CT molecular complexity index is 3200. The summed E-state index contributed by atoms with van der Waals surface area (Å²) in [7, 11) is 0. The van der Waals surface area contributed by atoms with E-state index in [1.807, 2.05) is 0 Å². The summed E-state index contributed by atoms with van der Waals surface area (Å²) >= 11 is 1.79. The summed E-state index contributed by atoms with van der Waals surface area (Å²) in [6.45, 7) is 0. The van der Waals surface area contributed by atoms with Gasteiger partial charge in [0.25, 0.3) is 0 Å². The van der Waals surface area contributed by atoms with E-state index >= 15 is 0 Å². The number of benzene rings is 8. The van der Waals surface area contributed by atoms with E-state index in [0.717, 1.165) is 60.4 Å². The summed E-state index contributed by atoms with van der Waals surface area (Å²) in [6.07, 6.45) is 0. The smallest absolute Gasteiger partial charge is 0.166 e. The average Bonchev–Trinajstić information content (AvgIpc) is 3.83. The Balaban J connectivity index is 1.18. The third-order valence-corrected chi connectivity index (χ3v) is 11.9. The molecule has 0 bridgehead atoms. The number of nitrogens with zero attached hydrogens (tertiary/aromatic N) is 4. The SMILES string of the molecule is c1ccc(-c2ccc(-c3nc(-c4ccccc4-n4c5ccccc5c5ccccc54)nc(-c4cccc5c4sc4ccccc45)n3)cc2-c2ccccc2)cc1. The van der Waals surface area contributed by atoms with Gasteiger partial charge in [-0.25, -0.2) is 15.0 Å². The largest absolute Gasteiger partial charge is 0.309 e. The lowest BCUT2D eigenvalue weighted by molar-refractivity contribution is 1.07. The van der Waals surface area contributed by atoms with Crippen molar-refractivity contribution in [3.8, 4) is 62.1 Å². The minimum Gasteiger partial charge on any atom is -0.309 e. The van der Waals surface area contributed by atoms with Gasteiger partial charge in [-0.05, 0) is 64.7 Å². The van der Waals surface area contributed by atoms with Crippen molar-refractivity contribution < 1.29 is 0 Å². The van der Waals surface area contributed by atoms with Crippen LogP contribution in [0.2, 0.25) is 0 Å². The van der Waals surface area contributed by atoms with E-state index in [2.05, 4.69) is 199 Å². The molecule has 0 unspecified atom stereocenters. The maximum Gasteiger partial charge on any atom is 0.166 e. The van der Waals surface area contributed by atoms with Crippen molar-refractivity contribution in [2.24, 2.45) is 0 Å². The van der Waals surface area contributed by atoms with Crippen LogP contribution in [0.5, 0.6) is 0 Å². The quantitative estimate of drug-likeness (QED) is 0.171. The second kappa shape index (κ2) is 13.3. The van der Waals surface area contributed by atoms with Gasteiger partial charge in [-0.3, -0.25) is 0 Å². The number of hydrogen-bond acceptors (Lipinski definition) is 4. The fourth-order valence-electron chi connectivity index (χ4n) is 8.12. The predicted molar refractivity (Wildman–Crippen MR) is 234 cm³/mol. The first-order valence-electron chi connectivity index (χ1n) is 18.8. The van der Waals surface area contributed by atoms with Crippen molar-refractivity contribution >= 4 is 53.3 Å². The first-order chi connectivity index (χ1) is 27.8. The normalized spacial score (nSPS) is 11.6. The number of fused-ring (bicyclic) bond motifs is 6. The fourth-order valence-corrected chi connectivity index (χ4v) is 9.33. The van der Waals surface area contributed by atoms with Gasteiger partial charge in [-0.15, -0.1) is 11.3 Å². The average molecular weight is 733 g/mol. The van der Waals surface area contributed by atoms with Gasteiger partial charge in [0.2, 0.25) is 0 Å². The van der Waals surface area contributed by atoms with Crippen LogP contribution in [0.3, 0.4) is 0 Å². The van der Waals surface area contributed by atoms with Crippen molar-refractivity contribution in [2.75, 3.05) is 0 Å². The summed E-state index contributed by atoms with van der Waals surface area (Å²) in [5, 5.41) is 4.86. The lowest BCUT2D eigenvalue weighted by Gasteiger charge is -2.16. The number of rotatable bonds is 6. The van der Waals surface area contributed by atoms with E-state index in [4.69, 9.17) is 15.0 Å². The number of hydrogen-bond donors (Lipinski definition) is 0. The topological polar surface area (TPSA) is 43.6 Å². The summed E-state index contributed by atoms with van der Waals surface area (Å²) in [5.74, 6) is 1.89. The van der Waals surface area contributed by atoms with Gasteiger partial charge in [-0.1, -0.05) is 152 Å². The van der Waals surface area contributed by atoms with Gasteiger partial charge < -0.3 is 4.57 Å². The van der Waals surface area contributed by atoms with Crippen LogP contribution in [-0.4, -0.2) is 19.5 Å². The molecule has 8 aromatic carbocycles. The van der Waals surface area contributed by atoms with Crippen molar-refractivity contribution in [1.29, 1.82) is 0 Å². The predicted octanol–water partition coefficient (Wildman–Crippen LogP) is 13.7. The van der Waals surface area contributed by atoms with Gasteiger partial charge in [0.1, 0.15) is 0 Å². The summed E-state index contributed by atoms with van der Waals surface area (Å²) < 4.78 is 4.75. The number of para-hydroxylation sites is 3. The molecule has 0 fully saturated rings. The molecule has 56 heavy (non-hydrogen) atoms. The number of aromatic nitrogens is 4. The zero-order chi connectivity index (χ0) is 37.0. The Kier molecular flexibility index (Phi) is 7.64.